The van der Waals surface area contributed by atoms with Crippen LogP contribution in [0.2, 0.25) is 0 Å². The molecule has 0 aliphatic heterocycles. The molecule has 0 heterocycles. The molecule has 2 aromatic rings. The van der Waals surface area contributed by atoms with Crippen LogP contribution in [0.15, 0.2) is 46.9 Å². The Bertz CT molecular complexity index is 808. The Kier molecular flexibility index (Phi) is 4.99. The van der Waals surface area contributed by atoms with Gasteiger partial charge in [-0.15, -0.1) is 0 Å². The third-order valence-electron chi connectivity index (χ3n) is 3.19. The van der Waals surface area contributed by atoms with Gasteiger partial charge in [0.2, 0.25) is 0 Å². The zero-order chi connectivity index (χ0) is 16.1. The molecule has 0 atom stereocenters. The zero-order valence-corrected chi connectivity index (χ0v) is 13.9. The van der Waals surface area contributed by atoms with Gasteiger partial charge in [-0.3, -0.25) is 0 Å². The molecule has 0 N–H and O–H groups in total. The molecule has 0 amide bonds. The molecule has 0 aliphatic carbocycles. The van der Waals surface area contributed by atoms with E-state index in [4.69, 9.17) is 5.26 Å². The van der Waals surface area contributed by atoms with E-state index in [9.17, 15) is 5.26 Å². The lowest BCUT2D eigenvalue weighted by Crippen LogP contribution is -2.09. The summed E-state index contributed by atoms with van der Waals surface area (Å²) in [6.45, 7) is 0. The quantitative estimate of drug-likeness (QED) is 0.606. The molecule has 0 spiro atoms. The van der Waals surface area contributed by atoms with Crippen LogP contribution < -0.4 is 4.90 Å². The Labute approximate surface area is 138 Å². The van der Waals surface area contributed by atoms with Crippen molar-refractivity contribution >= 4 is 33.3 Å². The highest BCUT2D eigenvalue weighted by Gasteiger charge is 2.05. The summed E-state index contributed by atoms with van der Waals surface area (Å²) in [5.74, 6) is 0. The van der Waals surface area contributed by atoms with Crippen LogP contribution in [0.1, 0.15) is 16.7 Å². The highest BCUT2D eigenvalue weighted by Crippen LogP contribution is 2.27. The number of benzene rings is 2. The van der Waals surface area contributed by atoms with Crippen molar-refractivity contribution in [2.45, 2.75) is 0 Å². The Morgan fingerprint density at radius 1 is 1.14 bits per heavy atom. The zero-order valence-electron chi connectivity index (χ0n) is 12.3. The molecule has 0 radical (unpaired) electrons. The second-order valence-corrected chi connectivity index (χ2v) is 5.82. The van der Waals surface area contributed by atoms with Gasteiger partial charge < -0.3 is 4.90 Å². The first-order valence-corrected chi connectivity index (χ1v) is 7.43. The number of hydrogen-bond acceptors (Lipinski definition) is 3. The maximum Gasteiger partial charge on any atom is 0.0998 e. The molecule has 0 aromatic heterocycles. The Morgan fingerprint density at radius 2 is 1.91 bits per heavy atom. The lowest BCUT2D eigenvalue weighted by Gasteiger charge is -2.14. The molecular weight excluding hydrogens is 338 g/mol. The second kappa shape index (κ2) is 6.93. The lowest BCUT2D eigenvalue weighted by atomic mass is 10.0. The van der Waals surface area contributed by atoms with Gasteiger partial charge in [-0.1, -0.05) is 18.2 Å². The van der Waals surface area contributed by atoms with Gasteiger partial charge >= 0.3 is 0 Å². The number of halogens is 1. The first-order valence-electron chi connectivity index (χ1n) is 6.64. The van der Waals surface area contributed by atoms with Crippen molar-refractivity contribution in [3.8, 4) is 12.1 Å². The minimum absolute atomic E-state index is 0.529. The molecule has 0 fully saturated rings. The Hall–Kier alpha value is -2.56. The molecule has 0 bridgehead atoms. The summed E-state index contributed by atoms with van der Waals surface area (Å²) in [5, 5.41) is 18.4. The van der Waals surface area contributed by atoms with Crippen molar-refractivity contribution in [3.63, 3.8) is 0 Å². The average Bonchev–Trinajstić information content (AvgIpc) is 2.52. The average molecular weight is 352 g/mol. The van der Waals surface area contributed by atoms with E-state index >= 15 is 0 Å². The van der Waals surface area contributed by atoms with Crippen molar-refractivity contribution in [2.75, 3.05) is 19.0 Å². The molecule has 22 heavy (non-hydrogen) atoms. The number of allylic oxidation sites excluding steroid dienone is 1. The van der Waals surface area contributed by atoms with Crippen LogP contribution in [-0.4, -0.2) is 14.1 Å². The van der Waals surface area contributed by atoms with E-state index in [1.165, 1.54) is 0 Å². The van der Waals surface area contributed by atoms with E-state index < -0.39 is 0 Å². The molecule has 2 aromatic carbocycles. The number of hydrogen-bond donors (Lipinski definition) is 0. The largest absolute Gasteiger partial charge is 0.377 e. The molecule has 0 unspecified atom stereocenters. The summed E-state index contributed by atoms with van der Waals surface area (Å²) < 4.78 is 0.967. The van der Waals surface area contributed by atoms with Gasteiger partial charge in [-0.25, -0.2) is 0 Å². The molecule has 3 nitrogen and oxygen atoms in total. The van der Waals surface area contributed by atoms with Crippen LogP contribution in [0.25, 0.3) is 11.6 Å². The van der Waals surface area contributed by atoms with Gasteiger partial charge in [0.15, 0.2) is 0 Å². The van der Waals surface area contributed by atoms with E-state index in [1.54, 1.807) is 18.2 Å². The minimum atomic E-state index is 0.529. The van der Waals surface area contributed by atoms with Crippen molar-refractivity contribution in [1.82, 2.24) is 0 Å². The summed E-state index contributed by atoms with van der Waals surface area (Å²) >= 11 is 3.54. The van der Waals surface area contributed by atoms with Crippen molar-refractivity contribution in [1.29, 1.82) is 10.5 Å². The van der Waals surface area contributed by atoms with Gasteiger partial charge in [-0.2, -0.15) is 10.5 Å². The fourth-order valence-corrected chi connectivity index (χ4v) is 2.83. The molecule has 0 saturated carbocycles. The fraction of sp³-hybridized carbons (Fsp3) is 0.111. The molecule has 0 aliphatic rings. The molecular formula is C18H14BrN3. The predicted octanol–water partition coefficient (Wildman–Crippen LogP) is 4.45. The third-order valence-corrected chi connectivity index (χ3v) is 3.82. The number of nitriles is 2. The van der Waals surface area contributed by atoms with E-state index in [2.05, 4.69) is 28.1 Å². The minimum Gasteiger partial charge on any atom is -0.377 e. The van der Waals surface area contributed by atoms with Crippen LogP contribution >= 0.6 is 15.9 Å². The van der Waals surface area contributed by atoms with Gasteiger partial charge in [0.25, 0.3) is 0 Å². The summed E-state index contributed by atoms with van der Waals surface area (Å²) in [6.07, 6.45) is 1.82. The monoisotopic (exact) mass is 351 g/mol. The topological polar surface area (TPSA) is 50.8 Å². The van der Waals surface area contributed by atoms with E-state index in [1.807, 2.05) is 49.3 Å². The predicted molar refractivity (Wildman–Crippen MR) is 93.1 cm³/mol. The van der Waals surface area contributed by atoms with Gasteiger partial charge in [0.1, 0.15) is 0 Å². The van der Waals surface area contributed by atoms with Crippen LogP contribution in [0.3, 0.4) is 0 Å². The molecule has 108 valence electrons. The summed E-state index contributed by atoms with van der Waals surface area (Å²) in [5.41, 5.74) is 3.82. The summed E-state index contributed by atoms with van der Waals surface area (Å²) in [7, 11) is 3.95. The molecule has 0 saturated heterocycles. The van der Waals surface area contributed by atoms with E-state index in [0.717, 1.165) is 21.3 Å². The van der Waals surface area contributed by atoms with Crippen LogP contribution in [0.4, 0.5) is 5.69 Å². The van der Waals surface area contributed by atoms with E-state index in [-0.39, 0.29) is 0 Å². The van der Waals surface area contributed by atoms with Gasteiger partial charge in [0.05, 0.1) is 29.0 Å². The third kappa shape index (κ3) is 3.55. The van der Waals surface area contributed by atoms with Crippen molar-refractivity contribution < 1.29 is 0 Å². The second-order valence-electron chi connectivity index (χ2n) is 4.97. The highest BCUT2D eigenvalue weighted by molar-refractivity contribution is 9.10. The van der Waals surface area contributed by atoms with Gasteiger partial charge in [0, 0.05) is 18.6 Å². The maximum atomic E-state index is 9.40. The van der Waals surface area contributed by atoms with Gasteiger partial charge in [-0.05, 0) is 57.4 Å². The van der Waals surface area contributed by atoms with Crippen LogP contribution in [0.5, 0.6) is 0 Å². The number of rotatable bonds is 3. The number of anilines is 1. The van der Waals surface area contributed by atoms with Crippen LogP contribution in [-0.2, 0) is 0 Å². The summed E-state index contributed by atoms with van der Waals surface area (Å²) in [4.78, 5) is 2.01. The SMILES string of the molecule is CN(C)c1ccc(C=C(C#N)c2cccc(C#N)c2)cc1Br. The summed E-state index contributed by atoms with van der Waals surface area (Å²) in [6, 6.07) is 17.3. The fourth-order valence-electron chi connectivity index (χ4n) is 2.08. The first kappa shape index (κ1) is 15.8. The van der Waals surface area contributed by atoms with E-state index in [0.29, 0.717) is 11.1 Å². The Morgan fingerprint density at radius 3 is 2.50 bits per heavy atom. The number of nitrogens with zero attached hydrogens (tertiary/aromatic N) is 3. The Balaban J connectivity index is 2.43. The normalized spacial score (nSPS) is 10.7. The highest BCUT2D eigenvalue weighted by atomic mass is 79.9. The first-order chi connectivity index (χ1) is 10.5. The smallest absolute Gasteiger partial charge is 0.0998 e. The lowest BCUT2D eigenvalue weighted by molar-refractivity contribution is 1.12. The van der Waals surface area contributed by atoms with Crippen molar-refractivity contribution in [2.24, 2.45) is 0 Å². The van der Waals surface area contributed by atoms with Crippen molar-refractivity contribution in [3.05, 3.63) is 63.6 Å². The molecule has 4 heteroatoms. The van der Waals surface area contributed by atoms with Crippen LogP contribution in [0, 0.1) is 22.7 Å². The maximum absolute atomic E-state index is 9.40. The molecule has 2 rings (SSSR count). The standard InChI is InChI=1S/C18H14BrN3/c1-22(2)18-7-6-13(10-17(18)19)8-16(12-21)15-5-3-4-14(9-15)11-20/h3-10H,1-2H3.